The number of Topliss-reactive ketones (excluding diaryl/α,β-unsaturated/α-hetero) is 1. The fraction of sp³-hybridized carbons (Fsp3) is 0.692. The topological polar surface area (TPSA) is 60.9 Å². The molecule has 1 rings (SSSR count). The first-order valence-corrected chi connectivity index (χ1v) is 6.36. The molecule has 0 saturated carbocycles. The van der Waals surface area contributed by atoms with Crippen LogP contribution in [0.25, 0.3) is 0 Å². The van der Waals surface area contributed by atoms with Gasteiger partial charge in [0.15, 0.2) is 5.78 Å². The highest BCUT2D eigenvalue weighted by Crippen LogP contribution is 2.16. The SMILES string of the molecule is CCCn1nccc1C(=O)C(CN)CC(C)C. The fourth-order valence-corrected chi connectivity index (χ4v) is 2.02. The summed E-state index contributed by atoms with van der Waals surface area (Å²) < 4.78 is 1.78. The van der Waals surface area contributed by atoms with Gasteiger partial charge in [0.25, 0.3) is 0 Å². The quantitative estimate of drug-likeness (QED) is 0.739. The van der Waals surface area contributed by atoms with E-state index in [1.807, 2.05) is 0 Å². The van der Waals surface area contributed by atoms with E-state index in [9.17, 15) is 4.79 Å². The van der Waals surface area contributed by atoms with E-state index in [0.29, 0.717) is 18.2 Å². The Morgan fingerprint density at radius 3 is 2.76 bits per heavy atom. The average Bonchev–Trinajstić information content (AvgIpc) is 2.73. The summed E-state index contributed by atoms with van der Waals surface area (Å²) in [5, 5.41) is 4.18. The minimum Gasteiger partial charge on any atom is -0.330 e. The molecule has 0 saturated heterocycles. The third kappa shape index (κ3) is 3.66. The molecule has 0 aliphatic carbocycles. The Kier molecular flexibility index (Phi) is 5.35. The molecule has 0 aliphatic heterocycles. The molecule has 96 valence electrons. The number of ketones is 1. The van der Waals surface area contributed by atoms with Gasteiger partial charge in [-0.25, -0.2) is 0 Å². The van der Waals surface area contributed by atoms with E-state index in [2.05, 4.69) is 25.9 Å². The van der Waals surface area contributed by atoms with Crippen LogP contribution in [0, 0.1) is 11.8 Å². The minimum atomic E-state index is -0.0812. The number of hydrogen-bond donors (Lipinski definition) is 1. The molecule has 0 radical (unpaired) electrons. The van der Waals surface area contributed by atoms with Crippen molar-refractivity contribution in [2.45, 2.75) is 40.2 Å². The second kappa shape index (κ2) is 6.55. The van der Waals surface area contributed by atoms with Crippen molar-refractivity contribution in [1.29, 1.82) is 0 Å². The lowest BCUT2D eigenvalue weighted by Gasteiger charge is -2.16. The Bertz CT molecular complexity index is 357. The number of aryl methyl sites for hydroxylation is 1. The van der Waals surface area contributed by atoms with Gasteiger partial charge in [-0.05, 0) is 24.8 Å². The van der Waals surface area contributed by atoms with E-state index in [0.717, 1.165) is 19.4 Å². The lowest BCUT2D eigenvalue weighted by molar-refractivity contribution is 0.0897. The molecule has 1 atom stereocenters. The number of hydrogen-bond acceptors (Lipinski definition) is 3. The van der Waals surface area contributed by atoms with E-state index in [1.54, 1.807) is 16.9 Å². The van der Waals surface area contributed by atoms with Gasteiger partial charge in [-0.2, -0.15) is 5.10 Å². The van der Waals surface area contributed by atoms with Crippen LogP contribution >= 0.6 is 0 Å². The van der Waals surface area contributed by atoms with Gasteiger partial charge in [-0.15, -0.1) is 0 Å². The summed E-state index contributed by atoms with van der Waals surface area (Å²) in [6.07, 6.45) is 3.50. The molecule has 0 fully saturated rings. The second-order valence-electron chi connectivity index (χ2n) is 4.87. The summed E-state index contributed by atoms with van der Waals surface area (Å²) in [7, 11) is 0. The molecule has 17 heavy (non-hydrogen) atoms. The zero-order valence-corrected chi connectivity index (χ0v) is 11.0. The first-order chi connectivity index (χ1) is 8.10. The van der Waals surface area contributed by atoms with Crippen LogP contribution in [0.15, 0.2) is 12.3 Å². The van der Waals surface area contributed by atoms with Gasteiger partial charge in [-0.3, -0.25) is 9.48 Å². The van der Waals surface area contributed by atoms with E-state index < -0.39 is 0 Å². The van der Waals surface area contributed by atoms with Crippen molar-refractivity contribution in [2.75, 3.05) is 6.54 Å². The Morgan fingerprint density at radius 1 is 1.53 bits per heavy atom. The van der Waals surface area contributed by atoms with Crippen LogP contribution in [0.5, 0.6) is 0 Å². The van der Waals surface area contributed by atoms with Crippen LogP contribution in [0.4, 0.5) is 0 Å². The van der Waals surface area contributed by atoms with Gasteiger partial charge in [-0.1, -0.05) is 20.8 Å². The van der Waals surface area contributed by atoms with Crippen LogP contribution in [0.1, 0.15) is 44.1 Å². The van der Waals surface area contributed by atoms with Crippen molar-refractivity contribution < 1.29 is 4.79 Å². The highest BCUT2D eigenvalue weighted by Gasteiger charge is 2.22. The number of carbonyl (C=O) groups is 1. The van der Waals surface area contributed by atoms with E-state index in [4.69, 9.17) is 5.73 Å². The minimum absolute atomic E-state index is 0.0812. The van der Waals surface area contributed by atoms with Crippen molar-refractivity contribution in [2.24, 2.45) is 17.6 Å². The Labute approximate surface area is 103 Å². The summed E-state index contributed by atoms with van der Waals surface area (Å²) in [5.74, 6) is 0.532. The molecular formula is C13H23N3O. The van der Waals surface area contributed by atoms with E-state index in [1.165, 1.54) is 0 Å². The molecule has 0 amide bonds. The number of nitrogens with zero attached hydrogens (tertiary/aromatic N) is 2. The second-order valence-corrected chi connectivity index (χ2v) is 4.87. The molecule has 4 nitrogen and oxygen atoms in total. The maximum Gasteiger partial charge on any atom is 0.185 e. The predicted molar refractivity (Wildman–Crippen MR) is 68.8 cm³/mol. The van der Waals surface area contributed by atoms with Crippen molar-refractivity contribution >= 4 is 5.78 Å². The van der Waals surface area contributed by atoms with Crippen molar-refractivity contribution in [3.8, 4) is 0 Å². The molecular weight excluding hydrogens is 214 g/mol. The van der Waals surface area contributed by atoms with Gasteiger partial charge < -0.3 is 5.73 Å². The first-order valence-electron chi connectivity index (χ1n) is 6.36. The van der Waals surface area contributed by atoms with Crippen LogP contribution < -0.4 is 5.73 Å². The van der Waals surface area contributed by atoms with Gasteiger partial charge in [0.2, 0.25) is 0 Å². The van der Waals surface area contributed by atoms with Crippen molar-refractivity contribution in [3.63, 3.8) is 0 Å². The zero-order valence-electron chi connectivity index (χ0n) is 11.0. The molecule has 4 heteroatoms. The fourth-order valence-electron chi connectivity index (χ4n) is 2.02. The van der Waals surface area contributed by atoms with Crippen LogP contribution in [-0.2, 0) is 6.54 Å². The van der Waals surface area contributed by atoms with Crippen LogP contribution in [0.2, 0.25) is 0 Å². The monoisotopic (exact) mass is 237 g/mol. The van der Waals surface area contributed by atoms with Gasteiger partial charge in [0, 0.05) is 25.2 Å². The van der Waals surface area contributed by atoms with Crippen LogP contribution in [-0.4, -0.2) is 22.1 Å². The van der Waals surface area contributed by atoms with Gasteiger partial charge in [0.1, 0.15) is 5.69 Å². The van der Waals surface area contributed by atoms with E-state index >= 15 is 0 Å². The summed E-state index contributed by atoms with van der Waals surface area (Å²) in [4.78, 5) is 12.3. The van der Waals surface area contributed by atoms with Gasteiger partial charge in [0.05, 0.1) is 0 Å². The Balaban J connectivity index is 2.82. The molecule has 0 bridgehead atoms. The normalized spacial score (nSPS) is 13.0. The molecule has 0 aromatic carbocycles. The largest absolute Gasteiger partial charge is 0.330 e. The zero-order chi connectivity index (χ0) is 12.8. The molecule has 1 unspecified atom stereocenters. The van der Waals surface area contributed by atoms with Crippen molar-refractivity contribution in [1.82, 2.24) is 9.78 Å². The number of aromatic nitrogens is 2. The first kappa shape index (κ1) is 13.9. The lowest BCUT2D eigenvalue weighted by atomic mass is 9.92. The summed E-state index contributed by atoms with van der Waals surface area (Å²) in [6, 6.07) is 1.79. The highest BCUT2D eigenvalue weighted by molar-refractivity contribution is 5.96. The standard InChI is InChI=1S/C13H23N3O/c1-4-7-16-12(5-6-15-16)13(17)11(9-14)8-10(2)3/h5-6,10-11H,4,7-9,14H2,1-3H3. The van der Waals surface area contributed by atoms with E-state index in [-0.39, 0.29) is 11.7 Å². The lowest BCUT2D eigenvalue weighted by Crippen LogP contribution is -2.27. The summed E-state index contributed by atoms with van der Waals surface area (Å²) >= 11 is 0. The summed E-state index contributed by atoms with van der Waals surface area (Å²) in [6.45, 7) is 7.49. The maximum atomic E-state index is 12.3. The average molecular weight is 237 g/mol. The Morgan fingerprint density at radius 2 is 2.24 bits per heavy atom. The summed E-state index contributed by atoms with van der Waals surface area (Å²) in [5.41, 5.74) is 6.40. The number of carbonyl (C=O) groups excluding carboxylic acids is 1. The van der Waals surface area contributed by atoms with Crippen molar-refractivity contribution in [3.05, 3.63) is 18.0 Å². The Hall–Kier alpha value is -1.16. The number of rotatable bonds is 7. The smallest absolute Gasteiger partial charge is 0.185 e. The third-order valence-corrected chi connectivity index (χ3v) is 2.82. The van der Waals surface area contributed by atoms with Gasteiger partial charge >= 0.3 is 0 Å². The number of nitrogens with two attached hydrogens (primary N) is 1. The predicted octanol–water partition coefficient (Wildman–Crippen LogP) is 2.10. The molecule has 0 aliphatic rings. The molecule has 2 N–H and O–H groups in total. The molecule has 1 heterocycles. The molecule has 1 aromatic heterocycles. The third-order valence-electron chi connectivity index (χ3n) is 2.82. The highest BCUT2D eigenvalue weighted by atomic mass is 16.1. The maximum absolute atomic E-state index is 12.3. The molecule has 1 aromatic rings. The van der Waals surface area contributed by atoms with Crippen LogP contribution in [0.3, 0.4) is 0 Å². The molecule has 0 spiro atoms.